The molecule has 1 saturated carbocycles. The summed E-state index contributed by atoms with van der Waals surface area (Å²) in [4.78, 5) is 4.13. The molecule has 1 aliphatic rings. The summed E-state index contributed by atoms with van der Waals surface area (Å²) in [6.07, 6.45) is 6.23. The van der Waals surface area contributed by atoms with Gasteiger partial charge in [0.05, 0.1) is 11.8 Å². The van der Waals surface area contributed by atoms with Crippen molar-refractivity contribution >= 4 is 6.21 Å². The molecular formula is C10H15NO. The van der Waals surface area contributed by atoms with E-state index < -0.39 is 0 Å². The lowest BCUT2D eigenvalue weighted by Crippen LogP contribution is -1.93. The molecule has 0 N–H and O–H groups in total. The van der Waals surface area contributed by atoms with Crippen molar-refractivity contribution in [3.8, 4) is 0 Å². The molecule has 0 aromatic carbocycles. The molecule has 0 saturated heterocycles. The number of ether oxygens (including phenoxy) is 1. The van der Waals surface area contributed by atoms with Gasteiger partial charge < -0.3 is 4.74 Å². The van der Waals surface area contributed by atoms with E-state index >= 15 is 0 Å². The summed E-state index contributed by atoms with van der Waals surface area (Å²) >= 11 is 0. The van der Waals surface area contributed by atoms with Gasteiger partial charge in [0.2, 0.25) is 0 Å². The molecule has 2 nitrogen and oxygen atoms in total. The van der Waals surface area contributed by atoms with E-state index in [2.05, 4.69) is 11.6 Å². The molecule has 66 valence electrons. The van der Waals surface area contributed by atoms with E-state index in [9.17, 15) is 0 Å². The first-order valence-corrected chi connectivity index (χ1v) is 4.26. The molecule has 0 spiro atoms. The summed E-state index contributed by atoms with van der Waals surface area (Å²) in [5.74, 6) is 0.815. The smallest absolute Gasteiger partial charge is 0.140 e. The maximum atomic E-state index is 5.57. The first-order chi connectivity index (χ1) is 5.77. The predicted molar refractivity (Wildman–Crippen MR) is 51.2 cm³/mol. The summed E-state index contributed by atoms with van der Waals surface area (Å²) in [6, 6.07) is 0. The van der Waals surface area contributed by atoms with Gasteiger partial charge in [-0.3, -0.25) is 4.99 Å². The highest BCUT2D eigenvalue weighted by Gasteiger charge is 2.24. The fourth-order valence-electron chi connectivity index (χ4n) is 0.904. The maximum absolute atomic E-state index is 5.57. The number of rotatable bonds is 4. The van der Waals surface area contributed by atoms with Gasteiger partial charge in [-0.25, -0.2) is 0 Å². The van der Waals surface area contributed by atoms with Crippen LogP contribution in [-0.2, 0) is 4.74 Å². The van der Waals surface area contributed by atoms with Gasteiger partial charge in [0.15, 0.2) is 0 Å². The molecule has 2 heteroatoms. The molecule has 1 rings (SSSR count). The largest absolute Gasteiger partial charge is 0.489 e. The molecule has 0 aromatic rings. The Morgan fingerprint density at radius 1 is 1.58 bits per heavy atom. The average molecular weight is 165 g/mol. The van der Waals surface area contributed by atoms with Gasteiger partial charge in [-0.15, -0.1) is 0 Å². The quantitative estimate of drug-likeness (QED) is 0.356. The highest BCUT2D eigenvalue weighted by molar-refractivity contribution is 5.55. The zero-order chi connectivity index (χ0) is 8.97. The Kier molecular flexibility index (Phi) is 3.09. The Morgan fingerprint density at radius 2 is 2.25 bits per heavy atom. The number of nitrogens with zero attached hydrogens (tertiary/aromatic N) is 1. The molecule has 1 fully saturated rings. The minimum atomic E-state index is 0.417. The average Bonchev–Trinajstić information content (AvgIpc) is 2.84. The molecular weight excluding hydrogens is 150 g/mol. The van der Waals surface area contributed by atoms with E-state index in [1.54, 1.807) is 12.3 Å². The maximum Gasteiger partial charge on any atom is 0.140 e. The van der Waals surface area contributed by atoms with Crippen LogP contribution in [0.1, 0.15) is 26.7 Å². The third-order valence-electron chi connectivity index (χ3n) is 1.68. The minimum Gasteiger partial charge on any atom is -0.489 e. The van der Waals surface area contributed by atoms with Gasteiger partial charge in [0, 0.05) is 6.21 Å². The first kappa shape index (κ1) is 9.04. The van der Waals surface area contributed by atoms with Crippen LogP contribution in [0.25, 0.3) is 0 Å². The SMILES string of the molecule is C=C/C(OC1CC1)=C(C)/N=C\C. The molecule has 0 atom stereocenters. The Labute approximate surface area is 73.6 Å². The topological polar surface area (TPSA) is 21.6 Å². The number of aliphatic imine (C=N–C) groups is 1. The van der Waals surface area contributed by atoms with Gasteiger partial charge in [-0.05, 0) is 32.8 Å². The molecule has 0 aromatic heterocycles. The van der Waals surface area contributed by atoms with Crippen LogP contribution in [0.5, 0.6) is 0 Å². The van der Waals surface area contributed by atoms with Crippen LogP contribution in [0.15, 0.2) is 29.1 Å². The van der Waals surface area contributed by atoms with Crippen molar-refractivity contribution in [2.45, 2.75) is 32.8 Å². The monoisotopic (exact) mass is 165 g/mol. The molecule has 0 bridgehead atoms. The van der Waals surface area contributed by atoms with Crippen molar-refractivity contribution in [1.29, 1.82) is 0 Å². The lowest BCUT2D eigenvalue weighted by Gasteiger charge is -2.05. The lowest BCUT2D eigenvalue weighted by atomic mass is 10.4. The van der Waals surface area contributed by atoms with Gasteiger partial charge in [0.1, 0.15) is 5.76 Å². The predicted octanol–water partition coefficient (Wildman–Crippen LogP) is 2.67. The summed E-state index contributed by atoms with van der Waals surface area (Å²) in [5, 5.41) is 0. The van der Waals surface area contributed by atoms with Crippen molar-refractivity contribution in [3.63, 3.8) is 0 Å². The van der Waals surface area contributed by atoms with Crippen molar-refractivity contribution in [3.05, 3.63) is 24.1 Å². The standard InChI is InChI=1S/C10H15NO/c1-4-10(8(3)11-5-2)12-9-6-7-9/h4-5,9H,1,6-7H2,2-3H3/b10-8-,11-5-. The minimum absolute atomic E-state index is 0.417. The van der Waals surface area contributed by atoms with Gasteiger partial charge in [0.25, 0.3) is 0 Å². The van der Waals surface area contributed by atoms with Crippen LogP contribution in [-0.4, -0.2) is 12.3 Å². The van der Waals surface area contributed by atoms with Crippen molar-refractivity contribution < 1.29 is 4.74 Å². The second-order valence-corrected chi connectivity index (χ2v) is 2.86. The van der Waals surface area contributed by atoms with Crippen LogP contribution in [0.3, 0.4) is 0 Å². The molecule has 0 heterocycles. The van der Waals surface area contributed by atoms with Gasteiger partial charge in [-0.2, -0.15) is 0 Å². The van der Waals surface area contributed by atoms with E-state index in [1.165, 1.54) is 12.8 Å². The van der Waals surface area contributed by atoms with E-state index in [-0.39, 0.29) is 0 Å². The van der Waals surface area contributed by atoms with Crippen LogP contribution in [0.4, 0.5) is 0 Å². The Bertz CT molecular complexity index is 224. The van der Waals surface area contributed by atoms with Crippen molar-refractivity contribution in [2.24, 2.45) is 4.99 Å². The first-order valence-electron chi connectivity index (χ1n) is 4.26. The number of hydrogen-bond acceptors (Lipinski definition) is 2. The van der Waals surface area contributed by atoms with Gasteiger partial charge >= 0.3 is 0 Å². The third-order valence-corrected chi connectivity index (χ3v) is 1.68. The number of allylic oxidation sites excluding steroid dienone is 2. The summed E-state index contributed by atoms with van der Waals surface area (Å²) < 4.78 is 5.57. The normalized spacial score (nSPS) is 19.2. The van der Waals surface area contributed by atoms with E-state index in [1.807, 2.05) is 13.8 Å². The van der Waals surface area contributed by atoms with Crippen LogP contribution < -0.4 is 0 Å². The van der Waals surface area contributed by atoms with Crippen LogP contribution >= 0.6 is 0 Å². The third kappa shape index (κ3) is 2.53. The molecule has 0 aliphatic heterocycles. The van der Waals surface area contributed by atoms with Crippen LogP contribution in [0, 0.1) is 0 Å². The summed E-state index contributed by atoms with van der Waals surface area (Å²) in [6.45, 7) is 7.51. The summed E-state index contributed by atoms with van der Waals surface area (Å²) in [7, 11) is 0. The second-order valence-electron chi connectivity index (χ2n) is 2.86. The van der Waals surface area contributed by atoms with E-state index in [0.717, 1.165) is 11.5 Å². The fraction of sp³-hybridized carbons (Fsp3) is 0.500. The molecule has 12 heavy (non-hydrogen) atoms. The highest BCUT2D eigenvalue weighted by Crippen LogP contribution is 2.27. The number of hydrogen-bond donors (Lipinski definition) is 0. The molecule has 1 aliphatic carbocycles. The van der Waals surface area contributed by atoms with Crippen molar-refractivity contribution in [1.82, 2.24) is 0 Å². The second kappa shape index (κ2) is 4.10. The van der Waals surface area contributed by atoms with E-state index in [4.69, 9.17) is 4.74 Å². The lowest BCUT2D eigenvalue weighted by molar-refractivity contribution is 0.205. The molecule has 0 amide bonds. The Hall–Kier alpha value is -1.05. The highest BCUT2D eigenvalue weighted by atomic mass is 16.5. The van der Waals surface area contributed by atoms with Crippen LogP contribution in [0.2, 0.25) is 0 Å². The van der Waals surface area contributed by atoms with Gasteiger partial charge in [-0.1, -0.05) is 6.58 Å². The zero-order valence-corrected chi connectivity index (χ0v) is 7.71. The fourth-order valence-corrected chi connectivity index (χ4v) is 0.904. The Balaban J connectivity index is 2.61. The molecule has 0 radical (unpaired) electrons. The Morgan fingerprint density at radius 3 is 2.67 bits per heavy atom. The van der Waals surface area contributed by atoms with E-state index in [0.29, 0.717) is 6.10 Å². The molecule has 0 unspecified atom stereocenters. The van der Waals surface area contributed by atoms with Crippen molar-refractivity contribution in [2.75, 3.05) is 0 Å². The summed E-state index contributed by atoms with van der Waals surface area (Å²) in [5.41, 5.74) is 0.902. The zero-order valence-electron chi connectivity index (χ0n) is 7.71.